The minimum Gasteiger partial charge on any atom is -0.466 e. The lowest BCUT2D eigenvalue weighted by Gasteiger charge is -2.35. The number of esters is 1. The monoisotopic (exact) mass is 514 g/mol. The maximum Gasteiger partial charge on any atom is 0.306 e. The number of nitrogens with two attached hydrogens (primary N) is 2. The predicted octanol–water partition coefficient (Wildman–Crippen LogP) is 4.95. The first-order chi connectivity index (χ1) is 18.2. The number of rotatable bonds is 8. The van der Waals surface area contributed by atoms with Gasteiger partial charge in [0.1, 0.15) is 0 Å². The van der Waals surface area contributed by atoms with Crippen LogP contribution < -0.4 is 16.6 Å². The second kappa shape index (κ2) is 11.7. The number of hydrogen-bond donors (Lipinski definition) is 2. The van der Waals surface area contributed by atoms with E-state index >= 15 is 0 Å². The van der Waals surface area contributed by atoms with Crippen LogP contribution in [0.25, 0.3) is 0 Å². The third-order valence-electron chi connectivity index (χ3n) is 7.54. The van der Waals surface area contributed by atoms with Crippen LogP contribution in [0.2, 0.25) is 0 Å². The van der Waals surface area contributed by atoms with Gasteiger partial charge in [0, 0.05) is 30.6 Å². The number of fused-ring (bicyclic) bond motifs is 1. The van der Waals surface area contributed by atoms with Crippen molar-refractivity contribution in [1.29, 1.82) is 0 Å². The van der Waals surface area contributed by atoms with Crippen molar-refractivity contribution in [3.8, 4) is 0 Å². The number of carbonyl (C=O) groups is 2. The molecular formula is C31H38N4O3. The molecule has 0 radical (unpaired) electrons. The molecule has 1 aliphatic rings. The molecule has 3 aromatic carbocycles. The smallest absolute Gasteiger partial charge is 0.306 e. The Labute approximate surface area is 225 Å². The molecule has 1 aliphatic heterocycles. The summed E-state index contributed by atoms with van der Waals surface area (Å²) in [4.78, 5) is 28.0. The molecule has 3 aromatic rings. The maximum atomic E-state index is 13.3. The molecule has 4 rings (SSSR count). The molecule has 7 heteroatoms. The normalized spacial score (nSPS) is 15.5. The Morgan fingerprint density at radius 1 is 1.08 bits per heavy atom. The van der Waals surface area contributed by atoms with E-state index in [1.165, 1.54) is 5.56 Å². The zero-order valence-corrected chi connectivity index (χ0v) is 22.7. The number of ether oxygens (including phenoxy) is 1. The number of amides is 1. The number of anilines is 2. The Kier molecular flexibility index (Phi) is 8.37. The van der Waals surface area contributed by atoms with E-state index in [0.29, 0.717) is 30.9 Å². The Bertz CT molecular complexity index is 1310. The molecule has 0 saturated carbocycles. The van der Waals surface area contributed by atoms with E-state index < -0.39 is 0 Å². The van der Waals surface area contributed by atoms with Gasteiger partial charge in [0.05, 0.1) is 24.4 Å². The van der Waals surface area contributed by atoms with Crippen LogP contribution in [0.5, 0.6) is 0 Å². The van der Waals surface area contributed by atoms with Gasteiger partial charge in [-0.3, -0.25) is 9.59 Å². The summed E-state index contributed by atoms with van der Waals surface area (Å²) in [5.41, 5.74) is 13.7. The van der Waals surface area contributed by atoms with Crippen molar-refractivity contribution in [2.45, 2.75) is 59.0 Å². The first-order valence-corrected chi connectivity index (χ1v) is 13.3. The average molecular weight is 515 g/mol. The van der Waals surface area contributed by atoms with E-state index in [-0.39, 0.29) is 30.3 Å². The van der Waals surface area contributed by atoms with Crippen molar-refractivity contribution >= 4 is 23.3 Å². The first-order valence-electron chi connectivity index (χ1n) is 13.3. The van der Waals surface area contributed by atoms with Crippen LogP contribution >= 0.6 is 0 Å². The number of carbonyl (C=O) groups excluding carboxylic acids is 2. The van der Waals surface area contributed by atoms with Gasteiger partial charge in [0.25, 0.3) is 5.91 Å². The molecule has 0 aliphatic carbocycles. The fraction of sp³-hybridized carbons (Fsp3) is 0.355. The van der Waals surface area contributed by atoms with E-state index in [0.717, 1.165) is 34.4 Å². The second-order valence-corrected chi connectivity index (χ2v) is 9.94. The molecule has 4 N–H and O–H groups in total. The van der Waals surface area contributed by atoms with E-state index in [1.54, 1.807) is 5.01 Å². The molecule has 0 saturated heterocycles. The topological polar surface area (TPSA) is 102 Å². The van der Waals surface area contributed by atoms with Crippen molar-refractivity contribution < 1.29 is 14.3 Å². The first kappa shape index (κ1) is 27.2. The van der Waals surface area contributed by atoms with Gasteiger partial charge in [-0.25, -0.2) is 5.84 Å². The lowest BCUT2D eigenvalue weighted by atomic mass is 9.82. The summed E-state index contributed by atoms with van der Waals surface area (Å²) in [5.74, 6) is 5.65. The minimum atomic E-state index is -0.263. The van der Waals surface area contributed by atoms with E-state index in [4.69, 9.17) is 16.3 Å². The van der Waals surface area contributed by atoms with Gasteiger partial charge >= 0.3 is 5.97 Å². The van der Waals surface area contributed by atoms with Crippen LogP contribution in [0.4, 0.5) is 11.4 Å². The highest BCUT2D eigenvalue weighted by molar-refractivity contribution is 5.94. The quantitative estimate of drug-likeness (QED) is 0.191. The molecular weight excluding hydrogens is 476 g/mol. The standard InChI is InChI=1S/C31H38N4O3/c1-5-35(33)28-15-14-26(21(4)30(28)32)27(18-29(36)38-6-2)24-13-12-23-16-20(3)34(19-25(23)17-24)31(37)22-10-8-7-9-11-22/h7-15,17,20,27H,5-6,16,18-19,32-33H2,1-4H3. The van der Waals surface area contributed by atoms with Gasteiger partial charge in [-0.1, -0.05) is 42.5 Å². The van der Waals surface area contributed by atoms with E-state index in [1.807, 2.05) is 68.1 Å². The molecule has 200 valence electrons. The maximum absolute atomic E-state index is 13.3. The molecule has 0 fully saturated rings. The Balaban J connectivity index is 1.72. The molecule has 0 bridgehead atoms. The molecule has 2 atom stereocenters. The van der Waals surface area contributed by atoms with Crippen LogP contribution in [-0.4, -0.2) is 36.0 Å². The van der Waals surface area contributed by atoms with Crippen LogP contribution in [0.1, 0.15) is 71.3 Å². The van der Waals surface area contributed by atoms with Gasteiger partial charge in [-0.2, -0.15) is 0 Å². The molecule has 1 heterocycles. The largest absolute Gasteiger partial charge is 0.466 e. The summed E-state index contributed by atoms with van der Waals surface area (Å²) >= 11 is 0. The molecule has 0 spiro atoms. The van der Waals surface area contributed by atoms with Crippen LogP contribution in [0.3, 0.4) is 0 Å². The highest BCUT2D eigenvalue weighted by Crippen LogP contribution is 2.38. The fourth-order valence-corrected chi connectivity index (χ4v) is 5.32. The number of nitrogens with zero attached hydrogens (tertiary/aromatic N) is 2. The van der Waals surface area contributed by atoms with Crippen LogP contribution in [-0.2, 0) is 22.5 Å². The van der Waals surface area contributed by atoms with Crippen LogP contribution in [0, 0.1) is 6.92 Å². The van der Waals surface area contributed by atoms with Crippen molar-refractivity contribution in [2.24, 2.45) is 5.84 Å². The van der Waals surface area contributed by atoms with Crippen LogP contribution in [0.15, 0.2) is 60.7 Å². The van der Waals surface area contributed by atoms with Gasteiger partial charge in [-0.05, 0) is 80.1 Å². The predicted molar refractivity (Wildman–Crippen MR) is 152 cm³/mol. The minimum absolute atomic E-state index is 0.0266. The van der Waals surface area contributed by atoms with Crippen molar-refractivity contribution in [3.05, 3.63) is 94.0 Å². The molecule has 2 unspecified atom stereocenters. The number of benzene rings is 3. The molecule has 38 heavy (non-hydrogen) atoms. The summed E-state index contributed by atoms with van der Waals surface area (Å²) in [6, 6.07) is 19.8. The zero-order valence-electron chi connectivity index (χ0n) is 22.7. The van der Waals surface area contributed by atoms with Gasteiger partial charge in [0.15, 0.2) is 0 Å². The lowest BCUT2D eigenvalue weighted by molar-refractivity contribution is -0.143. The molecule has 7 nitrogen and oxygen atoms in total. The molecule has 1 amide bonds. The van der Waals surface area contributed by atoms with Gasteiger partial charge < -0.3 is 20.4 Å². The van der Waals surface area contributed by atoms with Gasteiger partial charge in [-0.15, -0.1) is 0 Å². The third-order valence-corrected chi connectivity index (χ3v) is 7.54. The number of hydrazine groups is 1. The summed E-state index contributed by atoms with van der Waals surface area (Å²) < 4.78 is 5.34. The summed E-state index contributed by atoms with van der Waals surface area (Å²) in [6.45, 7) is 9.29. The van der Waals surface area contributed by atoms with Crippen molar-refractivity contribution in [3.63, 3.8) is 0 Å². The molecule has 0 aromatic heterocycles. The second-order valence-electron chi connectivity index (χ2n) is 9.94. The summed E-state index contributed by atoms with van der Waals surface area (Å²) in [5, 5.41) is 1.62. The number of nitrogen functional groups attached to an aromatic ring is 1. The van der Waals surface area contributed by atoms with E-state index in [9.17, 15) is 9.59 Å². The van der Waals surface area contributed by atoms with Crippen molar-refractivity contribution in [1.82, 2.24) is 4.90 Å². The third kappa shape index (κ3) is 5.53. The average Bonchev–Trinajstić information content (AvgIpc) is 2.92. The van der Waals surface area contributed by atoms with Crippen molar-refractivity contribution in [2.75, 3.05) is 23.9 Å². The SMILES string of the molecule is CCOC(=O)CC(c1ccc2c(c1)CN(C(=O)c1ccccc1)C(C)C2)c1ccc(N(N)CC)c(N)c1C. The lowest BCUT2D eigenvalue weighted by Crippen LogP contribution is -2.42. The summed E-state index contributed by atoms with van der Waals surface area (Å²) in [6.07, 6.45) is 0.968. The number of hydrogen-bond acceptors (Lipinski definition) is 6. The fourth-order valence-electron chi connectivity index (χ4n) is 5.32. The Morgan fingerprint density at radius 3 is 2.50 bits per heavy atom. The summed E-state index contributed by atoms with van der Waals surface area (Å²) in [7, 11) is 0. The highest BCUT2D eigenvalue weighted by atomic mass is 16.5. The van der Waals surface area contributed by atoms with Gasteiger partial charge in [0.2, 0.25) is 0 Å². The highest BCUT2D eigenvalue weighted by Gasteiger charge is 2.29. The Hall–Kier alpha value is -3.84. The zero-order chi connectivity index (χ0) is 27.4. The Morgan fingerprint density at radius 2 is 1.82 bits per heavy atom. The van der Waals surface area contributed by atoms with E-state index in [2.05, 4.69) is 25.1 Å².